The molecule has 17 heavy (non-hydrogen) atoms. The van der Waals surface area contributed by atoms with Crippen LogP contribution >= 0.6 is 0 Å². The summed E-state index contributed by atoms with van der Waals surface area (Å²) in [4.78, 5) is 2.38. The maximum absolute atomic E-state index is 14.9. The first-order valence-corrected chi connectivity index (χ1v) is 7.20. The lowest BCUT2D eigenvalue weighted by molar-refractivity contribution is -0.0176. The van der Waals surface area contributed by atoms with Crippen molar-refractivity contribution in [1.82, 2.24) is 10.2 Å². The highest BCUT2D eigenvalue weighted by Gasteiger charge is 2.52. The lowest BCUT2D eigenvalue weighted by atomic mass is 9.70. The Morgan fingerprint density at radius 1 is 1.29 bits per heavy atom. The largest absolute Gasteiger partial charge is 0.311 e. The standard InChI is InChI=1S/C14H25FN2/c1-14(15)8-11-5-6-12(16-11)13(14)10-4-3-7-17(2)9-10/h10-13,16H,3-9H2,1-2H3. The van der Waals surface area contributed by atoms with Gasteiger partial charge in [-0.15, -0.1) is 0 Å². The zero-order valence-corrected chi connectivity index (χ0v) is 11.1. The molecule has 0 saturated carbocycles. The van der Waals surface area contributed by atoms with Crippen molar-refractivity contribution in [3.05, 3.63) is 0 Å². The molecule has 2 bridgehead atoms. The van der Waals surface area contributed by atoms with Crippen molar-refractivity contribution >= 4 is 0 Å². The molecule has 3 saturated heterocycles. The van der Waals surface area contributed by atoms with Gasteiger partial charge in [-0.05, 0) is 58.5 Å². The van der Waals surface area contributed by atoms with E-state index in [1.807, 2.05) is 6.92 Å². The normalized spacial score (nSPS) is 51.7. The van der Waals surface area contributed by atoms with E-state index in [0.29, 0.717) is 18.0 Å². The number of halogens is 1. The maximum atomic E-state index is 14.9. The number of piperidine rings is 2. The summed E-state index contributed by atoms with van der Waals surface area (Å²) in [5.41, 5.74) is -0.945. The van der Waals surface area contributed by atoms with Gasteiger partial charge in [0.05, 0.1) is 0 Å². The molecule has 3 fully saturated rings. The quantitative estimate of drug-likeness (QED) is 0.756. The predicted molar refractivity (Wildman–Crippen MR) is 67.8 cm³/mol. The van der Waals surface area contributed by atoms with Crippen molar-refractivity contribution in [3.63, 3.8) is 0 Å². The highest BCUT2D eigenvalue weighted by molar-refractivity contribution is 5.06. The lowest BCUT2D eigenvalue weighted by Gasteiger charge is -2.47. The number of likely N-dealkylation sites (tertiary alicyclic amines) is 1. The fraction of sp³-hybridized carbons (Fsp3) is 1.00. The van der Waals surface area contributed by atoms with E-state index in [2.05, 4.69) is 17.3 Å². The smallest absolute Gasteiger partial charge is 0.114 e. The topological polar surface area (TPSA) is 15.3 Å². The zero-order valence-electron chi connectivity index (χ0n) is 11.1. The molecule has 3 aliphatic heterocycles. The van der Waals surface area contributed by atoms with E-state index in [-0.39, 0.29) is 5.92 Å². The Bertz CT molecular complexity index is 292. The van der Waals surface area contributed by atoms with Crippen LogP contribution in [0.4, 0.5) is 4.39 Å². The van der Waals surface area contributed by atoms with E-state index in [1.54, 1.807) is 0 Å². The number of fused-ring (bicyclic) bond motifs is 2. The van der Waals surface area contributed by atoms with Gasteiger partial charge in [0.1, 0.15) is 5.67 Å². The Kier molecular flexibility index (Phi) is 2.94. The molecular weight excluding hydrogens is 215 g/mol. The van der Waals surface area contributed by atoms with Gasteiger partial charge < -0.3 is 10.2 Å². The maximum Gasteiger partial charge on any atom is 0.114 e. The van der Waals surface area contributed by atoms with Crippen LogP contribution in [0.25, 0.3) is 0 Å². The first kappa shape index (κ1) is 11.9. The number of alkyl halides is 1. The molecule has 3 aliphatic rings. The van der Waals surface area contributed by atoms with Crippen molar-refractivity contribution in [2.24, 2.45) is 11.8 Å². The molecule has 0 aliphatic carbocycles. The SMILES string of the molecule is CN1CCCC(C2C3CCC(CC2(C)F)N3)C1. The van der Waals surface area contributed by atoms with E-state index in [1.165, 1.54) is 32.2 Å². The number of nitrogens with one attached hydrogen (secondary N) is 1. The minimum atomic E-state index is -0.945. The van der Waals surface area contributed by atoms with Crippen LogP contribution in [0.2, 0.25) is 0 Å². The van der Waals surface area contributed by atoms with Gasteiger partial charge in [0.2, 0.25) is 0 Å². The van der Waals surface area contributed by atoms with Crippen LogP contribution in [0.15, 0.2) is 0 Å². The highest BCUT2D eigenvalue weighted by Crippen LogP contribution is 2.46. The summed E-state index contributed by atoms with van der Waals surface area (Å²) in [6, 6.07) is 0.896. The summed E-state index contributed by atoms with van der Waals surface area (Å²) in [6.45, 7) is 4.14. The van der Waals surface area contributed by atoms with Crippen LogP contribution in [0.5, 0.6) is 0 Å². The minimum Gasteiger partial charge on any atom is -0.311 e. The summed E-state index contributed by atoms with van der Waals surface area (Å²) < 4.78 is 14.9. The Morgan fingerprint density at radius 2 is 2.12 bits per heavy atom. The number of rotatable bonds is 1. The number of hydrogen-bond donors (Lipinski definition) is 1. The second-order valence-corrected chi connectivity index (χ2v) is 6.72. The predicted octanol–water partition coefficient (Wildman–Crippen LogP) is 2.20. The first-order valence-electron chi connectivity index (χ1n) is 7.20. The molecule has 0 spiro atoms. The molecule has 0 aromatic carbocycles. The number of nitrogens with zero attached hydrogens (tertiary/aromatic N) is 1. The fourth-order valence-electron chi connectivity index (χ4n) is 4.65. The third-order valence-corrected chi connectivity index (χ3v) is 5.22. The third-order valence-electron chi connectivity index (χ3n) is 5.22. The van der Waals surface area contributed by atoms with Crippen LogP contribution < -0.4 is 5.32 Å². The van der Waals surface area contributed by atoms with Crippen molar-refractivity contribution in [1.29, 1.82) is 0 Å². The van der Waals surface area contributed by atoms with E-state index in [4.69, 9.17) is 0 Å². The Labute approximate surface area is 104 Å². The summed E-state index contributed by atoms with van der Waals surface area (Å²) in [5, 5.41) is 3.65. The molecule has 3 heteroatoms. The lowest BCUT2D eigenvalue weighted by Crippen LogP contribution is -2.57. The van der Waals surface area contributed by atoms with Crippen molar-refractivity contribution in [2.45, 2.75) is 56.8 Å². The average Bonchev–Trinajstić information content (AvgIpc) is 2.60. The first-order chi connectivity index (χ1) is 8.06. The molecule has 98 valence electrons. The second-order valence-electron chi connectivity index (χ2n) is 6.72. The van der Waals surface area contributed by atoms with Crippen molar-refractivity contribution < 1.29 is 4.39 Å². The van der Waals surface area contributed by atoms with Crippen LogP contribution in [0, 0.1) is 11.8 Å². The molecular formula is C14H25FN2. The van der Waals surface area contributed by atoms with Crippen LogP contribution in [0.1, 0.15) is 39.0 Å². The van der Waals surface area contributed by atoms with Gasteiger partial charge >= 0.3 is 0 Å². The molecule has 1 N–H and O–H groups in total. The van der Waals surface area contributed by atoms with Gasteiger partial charge in [0, 0.05) is 24.5 Å². The van der Waals surface area contributed by atoms with Gasteiger partial charge in [-0.1, -0.05) is 0 Å². The van der Waals surface area contributed by atoms with Gasteiger partial charge in [-0.2, -0.15) is 0 Å². The van der Waals surface area contributed by atoms with Gasteiger partial charge in [-0.25, -0.2) is 4.39 Å². The Balaban J connectivity index is 1.79. The monoisotopic (exact) mass is 240 g/mol. The van der Waals surface area contributed by atoms with Gasteiger partial charge in [0.25, 0.3) is 0 Å². The molecule has 0 radical (unpaired) electrons. The molecule has 0 amide bonds. The summed E-state index contributed by atoms with van der Waals surface area (Å²) >= 11 is 0. The Hall–Kier alpha value is -0.150. The van der Waals surface area contributed by atoms with Crippen LogP contribution in [-0.4, -0.2) is 42.8 Å². The van der Waals surface area contributed by atoms with E-state index >= 15 is 0 Å². The molecule has 2 nitrogen and oxygen atoms in total. The molecule has 3 rings (SSSR count). The highest BCUT2D eigenvalue weighted by atomic mass is 19.1. The molecule has 0 aromatic heterocycles. The molecule has 0 aromatic rings. The van der Waals surface area contributed by atoms with Crippen LogP contribution in [-0.2, 0) is 0 Å². The average molecular weight is 240 g/mol. The molecule has 5 unspecified atom stereocenters. The van der Waals surface area contributed by atoms with E-state index in [0.717, 1.165) is 13.0 Å². The van der Waals surface area contributed by atoms with Gasteiger partial charge in [-0.3, -0.25) is 0 Å². The van der Waals surface area contributed by atoms with Crippen molar-refractivity contribution in [3.8, 4) is 0 Å². The summed E-state index contributed by atoms with van der Waals surface area (Å²) in [5.74, 6) is 0.796. The molecule has 5 atom stereocenters. The van der Waals surface area contributed by atoms with E-state index in [9.17, 15) is 4.39 Å². The summed E-state index contributed by atoms with van der Waals surface area (Å²) in [7, 11) is 2.18. The summed E-state index contributed by atoms with van der Waals surface area (Å²) in [6.07, 6.45) is 5.56. The number of hydrogen-bond acceptors (Lipinski definition) is 2. The van der Waals surface area contributed by atoms with Crippen molar-refractivity contribution in [2.75, 3.05) is 20.1 Å². The minimum absolute atomic E-state index is 0.240. The van der Waals surface area contributed by atoms with E-state index < -0.39 is 5.67 Å². The third kappa shape index (κ3) is 2.12. The van der Waals surface area contributed by atoms with Gasteiger partial charge in [0.15, 0.2) is 0 Å². The molecule has 3 heterocycles. The Morgan fingerprint density at radius 3 is 2.88 bits per heavy atom. The fourth-order valence-corrected chi connectivity index (χ4v) is 4.65. The second kappa shape index (κ2) is 4.20. The van der Waals surface area contributed by atoms with Crippen LogP contribution in [0.3, 0.4) is 0 Å². The zero-order chi connectivity index (χ0) is 12.0.